The molecule has 8 rings (SSSR count). The van der Waals surface area contributed by atoms with Gasteiger partial charge in [-0.1, -0.05) is 42.5 Å². The molecule has 0 atom stereocenters. The van der Waals surface area contributed by atoms with Crippen LogP contribution in [0.1, 0.15) is 0 Å². The Hall–Kier alpha value is -4.55. The average molecular weight is 540 g/mol. The summed E-state index contributed by atoms with van der Waals surface area (Å²) in [4.78, 5) is 14.4. The van der Waals surface area contributed by atoms with E-state index in [9.17, 15) is 0 Å². The Bertz CT molecular complexity index is 2160. The van der Waals surface area contributed by atoms with E-state index < -0.39 is 0 Å². The van der Waals surface area contributed by atoms with Crippen LogP contribution >= 0.6 is 15.9 Å². The third-order valence-corrected chi connectivity index (χ3v) is 7.65. The fourth-order valence-corrected chi connectivity index (χ4v) is 6.14. The fourth-order valence-electron chi connectivity index (χ4n) is 5.56. The molecule has 8 aromatic rings. The highest BCUT2D eigenvalue weighted by atomic mass is 79.9. The predicted octanol–water partition coefficient (Wildman–Crippen LogP) is 7.96. The largest absolute Gasteiger partial charge is 0.309 e. The molecule has 5 nitrogen and oxygen atoms in total. The predicted molar refractivity (Wildman–Crippen MR) is 153 cm³/mol. The second-order valence-electron chi connectivity index (χ2n) is 9.10. The zero-order valence-corrected chi connectivity index (χ0v) is 21.1. The molecular formula is C31H18BrN5. The molecule has 0 N–H and O–H groups in total. The van der Waals surface area contributed by atoms with E-state index in [2.05, 4.69) is 115 Å². The first-order valence-corrected chi connectivity index (χ1v) is 12.9. The van der Waals surface area contributed by atoms with Crippen LogP contribution in [0.3, 0.4) is 0 Å². The fraction of sp³-hybridized carbons (Fsp3) is 0. The molecule has 37 heavy (non-hydrogen) atoms. The first-order valence-electron chi connectivity index (χ1n) is 12.1. The van der Waals surface area contributed by atoms with Crippen molar-refractivity contribution in [3.63, 3.8) is 0 Å². The summed E-state index contributed by atoms with van der Waals surface area (Å²) in [5.74, 6) is 0. The van der Waals surface area contributed by atoms with Gasteiger partial charge >= 0.3 is 0 Å². The highest BCUT2D eigenvalue weighted by Crippen LogP contribution is 2.39. The lowest BCUT2D eigenvalue weighted by molar-refractivity contribution is 1.18. The van der Waals surface area contributed by atoms with Crippen molar-refractivity contribution >= 4 is 65.3 Å². The Morgan fingerprint density at radius 3 is 2.16 bits per heavy atom. The second-order valence-corrected chi connectivity index (χ2v) is 9.86. The summed E-state index contributed by atoms with van der Waals surface area (Å²) in [7, 11) is 0. The smallest absolute Gasteiger partial charge is 0.149 e. The van der Waals surface area contributed by atoms with Gasteiger partial charge in [0.25, 0.3) is 0 Å². The number of nitrogens with zero attached hydrogens (tertiary/aromatic N) is 5. The van der Waals surface area contributed by atoms with Crippen LogP contribution in [-0.4, -0.2) is 23.9 Å². The van der Waals surface area contributed by atoms with E-state index in [0.29, 0.717) is 0 Å². The molecule has 6 heteroatoms. The van der Waals surface area contributed by atoms with Gasteiger partial charge in [0, 0.05) is 45.2 Å². The zero-order valence-electron chi connectivity index (χ0n) is 19.5. The van der Waals surface area contributed by atoms with E-state index in [1.165, 1.54) is 21.8 Å². The highest BCUT2D eigenvalue weighted by molar-refractivity contribution is 9.10. The van der Waals surface area contributed by atoms with Crippen LogP contribution in [0.15, 0.2) is 114 Å². The highest BCUT2D eigenvalue weighted by Gasteiger charge is 2.21. The van der Waals surface area contributed by atoms with E-state index in [4.69, 9.17) is 9.97 Å². The molecule has 0 aliphatic heterocycles. The minimum Gasteiger partial charge on any atom is -0.309 e. The van der Waals surface area contributed by atoms with Crippen molar-refractivity contribution in [2.45, 2.75) is 0 Å². The molecule has 3 aromatic carbocycles. The normalized spacial score (nSPS) is 11.9. The van der Waals surface area contributed by atoms with Gasteiger partial charge in [-0.2, -0.15) is 0 Å². The monoisotopic (exact) mass is 539 g/mol. The summed E-state index contributed by atoms with van der Waals surface area (Å²) in [6.45, 7) is 0. The molecule has 0 amide bonds. The van der Waals surface area contributed by atoms with Crippen LogP contribution in [0.25, 0.3) is 66.3 Å². The summed E-state index contributed by atoms with van der Waals surface area (Å²) in [6.07, 6.45) is 3.64. The zero-order chi connectivity index (χ0) is 24.5. The van der Waals surface area contributed by atoms with Gasteiger partial charge in [-0.25, -0.2) is 9.97 Å². The maximum absolute atomic E-state index is 4.96. The number of para-hydroxylation sites is 2. The summed E-state index contributed by atoms with van der Waals surface area (Å²) < 4.78 is 5.26. The van der Waals surface area contributed by atoms with E-state index in [-0.39, 0.29) is 0 Å². The van der Waals surface area contributed by atoms with Gasteiger partial charge in [0.2, 0.25) is 0 Å². The maximum Gasteiger partial charge on any atom is 0.149 e. The number of benzene rings is 3. The SMILES string of the molecule is Brc1nc2c3cccnc3c3cccnc3n2c1-c1ccc2c(c1)c1ccccc1n2-c1ccccc1. The second kappa shape index (κ2) is 7.72. The van der Waals surface area contributed by atoms with Crippen molar-refractivity contribution in [1.29, 1.82) is 0 Å². The van der Waals surface area contributed by atoms with Crippen molar-refractivity contribution in [3.05, 3.63) is 114 Å². The molecule has 0 saturated heterocycles. The third-order valence-electron chi connectivity index (χ3n) is 7.10. The van der Waals surface area contributed by atoms with Crippen LogP contribution < -0.4 is 0 Å². The Balaban J connectivity index is 1.49. The Morgan fingerprint density at radius 1 is 0.595 bits per heavy atom. The van der Waals surface area contributed by atoms with Gasteiger partial charge in [0.1, 0.15) is 15.9 Å². The van der Waals surface area contributed by atoms with Crippen LogP contribution in [0, 0.1) is 0 Å². The summed E-state index contributed by atoms with van der Waals surface area (Å²) >= 11 is 3.79. The number of pyridine rings is 3. The lowest BCUT2D eigenvalue weighted by Gasteiger charge is -2.10. The summed E-state index contributed by atoms with van der Waals surface area (Å²) in [5, 5.41) is 4.40. The molecule has 5 heterocycles. The topological polar surface area (TPSA) is 48.0 Å². The van der Waals surface area contributed by atoms with Gasteiger partial charge in [-0.15, -0.1) is 0 Å². The lowest BCUT2D eigenvalue weighted by Crippen LogP contribution is -1.97. The molecule has 174 valence electrons. The number of aromatic nitrogens is 5. The van der Waals surface area contributed by atoms with Crippen molar-refractivity contribution < 1.29 is 0 Å². The van der Waals surface area contributed by atoms with Crippen LogP contribution in [-0.2, 0) is 0 Å². The van der Waals surface area contributed by atoms with Gasteiger partial charge in [0.05, 0.1) is 22.2 Å². The summed E-state index contributed by atoms with van der Waals surface area (Å²) in [6, 6.07) is 33.8. The first-order chi connectivity index (χ1) is 18.3. The van der Waals surface area contributed by atoms with E-state index in [1.807, 2.05) is 24.5 Å². The van der Waals surface area contributed by atoms with Gasteiger partial charge < -0.3 is 4.57 Å². The van der Waals surface area contributed by atoms with Crippen molar-refractivity contribution in [3.8, 4) is 16.9 Å². The standard InChI is InChI=1S/C31H18BrN5/c32-29-28(37-30-22(11-7-17-34-30)27-23(31(37)35-29)12-6-16-33-27)19-14-15-26-24(18-19)21-10-4-5-13-25(21)36(26)20-8-2-1-3-9-20/h1-18H. The average Bonchev–Trinajstić information content (AvgIpc) is 3.48. The molecule has 0 bridgehead atoms. The lowest BCUT2D eigenvalue weighted by atomic mass is 10.1. The molecule has 0 aliphatic rings. The Labute approximate surface area is 219 Å². The van der Waals surface area contributed by atoms with Gasteiger partial charge in [-0.05, 0) is 70.5 Å². The van der Waals surface area contributed by atoms with Crippen molar-refractivity contribution in [1.82, 2.24) is 23.9 Å². The van der Waals surface area contributed by atoms with Crippen LogP contribution in [0.5, 0.6) is 0 Å². The van der Waals surface area contributed by atoms with Crippen molar-refractivity contribution in [2.75, 3.05) is 0 Å². The number of fused-ring (bicyclic) bond motifs is 9. The quantitative estimate of drug-likeness (QED) is 0.209. The number of hydrogen-bond donors (Lipinski definition) is 0. The van der Waals surface area contributed by atoms with Crippen LogP contribution in [0.4, 0.5) is 0 Å². The molecule has 0 saturated carbocycles. The van der Waals surface area contributed by atoms with E-state index in [1.54, 1.807) is 0 Å². The molecule has 0 unspecified atom stereocenters. The minimum absolute atomic E-state index is 0.780. The van der Waals surface area contributed by atoms with Gasteiger partial charge in [-0.3, -0.25) is 9.38 Å². The molecule has 0 spiro atoms. The van der Waals surface area contributed by atoms with Crippen molar-refractivity contribution in [2.24, 2.45) is 0 Å². The van der Waals surface area contributed by atoms with E-state index >= 15 is 0 Å². The van der Waals surface area contributed by atoms with E-state index in [0.717, 1.165) is 49.1 Å². The number of halogens is 1. The number of hydrogen-bond acceptors (Lipinski definition) is 3. The third kappa shape index (κ3) is 2.87. The Kier molecular flexibility index (Phi) is 4.30. The van der Waals surface area contributed by atoms with Crippen LogP contribution in [0.2, 0.25) is 0 Å². The van der Waals surface area contributed by atoms with Gasteiger partial charge in [0.15, 0.2) is 0 Å². The Morgan fingerprint density at radius 2 is 1.30 bits per heavy atom. The molecule has 0 aliphatic carbocycles. The first kappa shape index (κ1) is 20.6. The molecule has 5 aromatic heterocycles. The minimum atomic E-state index is 0.780. The molecule has 0 radical (unpaired) electrons. The summed E-state index contributed by atoms with van der Waals surface area (Å²) in [5.41, 5.74) is 8.11. The number of rotatable bonds is 2. The number of imidazole rings is 1. The molecule has 0 fully saturated rings. The maximum atomic E-state index is 4.96. The molecular weight excluding hydrogens is 522 g/mol.